The van der Waals surface area contributed by atoms with Gasteiger partial charge >= 0.3 is 12.4 Å². The zero-order valence-electron chi connectivity index (χ0n) is 19.2. The zero-order chi connectivity index (χ0) is 25.9. The number of alkyl halides is 6. The molecule has 5 nitrogen and oxygen atoms in total. The first-order valence-electron chi connectivity index (χ1n) is 11.0. The molecule has 3 atom stereocenters. The summed E-state index contributed by atoms with van der Waals surface area (Å²) < 4.78 is 79.7. The molecule has 4 rings (SSSR count). The summed E-state index contributed by atoms with van der Waals surface area (Å²) in [6, 6.07) is 12.2. The zero-order valence-corrected chi connectivity index (χ0v) is 19.2. The number of ether oxygens (including phenoxy) is 1. The molecule has 0 aromatic heterocycles. The van der Waals surface area contributed by atoms with Crippen molar-refractivity contribution in [3.63, 3.8) is 0 Å². The minimum atomic E-state index is -4.83. The molecule has 2 heterocycles. The lowest BCUT2D eigenvalue weighted by Gasteiger charge is -2.36. The second-order valence-electron chi connectivity index (χ2n) is 8.54. The van der Waals surface area contributed by atoms with Crippen LogP contribution in [0.4, 0.5) is 26.3 Å². The van der Waals surface area contributed by atoms with Crippen molar-refractivity contribution < 1.29 is 35.9 Å². The van der Waals surface area contributed by atoms with E-state index < -0.39 is 29.6 Å². The Balaban J connectivity index is 0.000000196. The summed E-state index contributed by atoms with van der Waals surface area (Å²) in [6.07, 6.45) is -8.63. The van der Waals surface area contributed by atoms with E-state index in [1.165, 1.54) is 19.6 Å². The van der Waals surface area contributed by atoms with Gasteiger partial charge in [-0.1, -0.05) is 30.3 Å². The van der Waals surface area contributed by atoms with Crippen molar-refractivity contribution in [1.82, 2.24) is 16.0 Å². The maximum absolute atomic E-state index is 12.5. The van der Waals surface area contributed by atoms with Crippen molar-refractivity contribution in [2.45, 2.75) is 49.8 Å². The highest BCUT2D eigenvalue weighted by molar-refractivity contribution is 5.88. The average Bonchev–Trinajstić information content (AvgIpc) is 3.18. The van der Waals surface area contributed by atoms with Crippen LogP contribution in [0.1, 0.15) is 54.2 Å². The summed E-state index contributed by atoms with van der Waals surface area (Å²) in [5, 5.41) is 9.59. The van der Waals surface area contributed by atoms with Crippen molar-refractivity contribution in [3.8, 4) is 0 Å². The Kier molecular flexibility index (Phi) is 8.13. The van der Waals surface area contributed by atoms with Crippen molar-refractivity contribution in [2.75, 3.05) is 20.3 Å². The van der Waals surface area contributed by atoms with Gasteiger partial charge in [-0.05, 0) is 49.1 Å². The van der Waals surface area contributed by atoms with Crippen LogP contribution in [0.2, 0.25) is 0 Å². The van der Waals surface area contributed by atoms with Gasteiger partial charge in [0.15, 0.2) is 0 Å². The predicted octanol–water partition coefficient (Wildman–Crippen LogP) is 4.96. The average molecular weight is 503 g/mol. The number of hydrogen-bond acceptors (Lipinski definition) is 4. The number of rotatable bonds is 3. The standard InChI is InChI=1S/C13H17N3O.C11H10F6O/c17-12-13(16-9-15-12)7-6-11(14-8-13)10-4-2-1-3-5-10;1-6(18-2)7-3-8(10(12,13)14)5-9(4-7)11(15,16)17/h1-5,11,14,16H,6-9H2,(H,15,17);3-6H,1-2H3. The first-order valence-corrected chi connectivity index (χ1v) is 11.0. The lowest BCUT2D eigenvalue weighted by Crippen LogP contribution is -2.57. The van der Waals surface area contributed by atoms with E-state index >= 15 is 0 Å². The number of nitrogens with one attached hydrogen (secondary N) is 3. The molecule has 2 aromatic carbocycles. The van der Waals surface area contributed by atoms with Crippen LogP contribution in [-0.2, 0) is 21.9 Å². The van der Waals surface area contributed by atoms with Gasteiger partial charge < -0.3 is 15.4 Å². The molecule has 0 bridgehead atoms. The van der Waals surface area contributed by atoms with Crippen LogP contribution in [-0.4, -0.2) is 31.8 Å². The number of hydrogen-bond donors (Lipinski definition) is 3. The molecule has 0 saturated carbocycles. The van der Waals surface area contributed by atoms with Crippen molar-refractivity contribution in [3.05, 3.63) is 70.8 Å². The molecule has 0 aliphatic carbocycles. The van der Waals surface area contributed by atoms with Gasteiger partial charge in [0.25, 0.3) is 0 Å². The third-order valence-corrected chi connectivity index (χ3v) is 6.26. The van der Waals surface area contributed by atoms with E-state index in [4.69, 9.17) is 4.74 Å². The second kappa shape index (κ2) is 10.5. The monoisotopic (exact) mass is 503 g/mol. The van der Waals surface area contributed by atoms with Crippen LogP contribution in [0.25, 0.3) is 0 Å². The molecule has 2 aromatic rings. The number of methoxy groups -OCH3 is 1. The third-order valence-electron chi connectivity index (χ3n) is 6.26. The molecule has 2 fully saturated rings. The fourth-order valence-electron chi connectivity index (χ4n) is 4.09. The summed E-state index contributed by atoms with van der Waals surface area (Å²) in [6.45, 7) is 2.67. The van der Waals surface area contributed by atoms with E-state index in [-0.39, 0.29) is 23.1 Å². The van der Waals surface area contributed by atoms with E-state index in [1.807, 2.05) is 6.07 Å². The molecule has 2 saturated heterocycles. The van der Waals surface area contributed by atoms with Gasteiger partial charge in [-0.3, -0.25) is 10.1 Å². The number of halogens is 6. The van der Waals surface area contributed by atoms with Gasteiger partial charge in [-0.2, -0.15) is 26.3 Å². The fourth-order valence-corrected chi connectivity index (χ4v) is 4.09. The summed E-state index contributed by atoms with van der Waals surface area (Å²) in [4.78, 5) is 11.8. The van der Waals surface area contributed by atoms with Gasteiger partial charge in [-0.15, -0.1) is 0 Å². The summed E-state index contributed by atoms with van der Waals surface area (Å²) >= 11 is 0. The second-order valence-corrected chi connectivity index (χ2v) is 8.54. The predicted molar refractivity (Wildman–Crippen MR) is 117 cm³/mol. The van der Waals surface area contributed by atoms with Crippen LogP contribution in [0.5, 0.6) is 0 Å². The first kappa shape index (κ1) is 27.0. The Morgan fingerprint density at radius 2 is 1.60 bits per heavy atom. The molecule has 3 N–H and O–H groups in total. The molecule has 1 spiro atoms. The van der Waals surface area contributed by atoms with Crippen LogP contribution >= 0.6 is 0 Å². The molecular formula is C24H27F6N3O2. The van der Waals surface area contributed by atoms with Gasteiger partial charge in [0.05, 0.1) is 23.9 Å². The van der Waals surface area contributed by atoms with E-state index in [9.17, 15) is 31.1 Å². The minimum absolute atomic E-state index is 0.0892. The number of carbonyl (C=O) groups is 1. The highest BCUT2D eigenvalue weighted by Gasteiger charge is 2.44. The van der Waals surface area contributed by atoms with Gasteiger partial charge in [0, 0.05) is 19.7 Å². The van der Waals surface area contributed by atoms with Crippen molar-refractivity contribution >= 4 is 5.91 Å². The molecule has 192 valence electrons. The van der Waals surface area contributed by atoms with Gasteiger partial charge in [-0.25, -0.2) is 0 Å². The molecule has 35 heavy (non-hydrogen) atoms. The molecule has 11 heteroatoms. The SMILES string of the molecule is COC(C)c1cc(C(F)(F)F)cc(C(F)(F)F)c1.O=C1NCNC12CCC(c1ccccc1)NC2. The Morgan fingerprint density at radius 3 is 2.03 bits per heavy atom. The lowest BCUT2D eigenvalue weighted by molar-refractivity contribution is -0.143. The number of carbonyl (C=O) groups excluding carboxylic acids is 1. The quantitative estimate of drug-likeness (QED) is 0.519. The maximum atomic E-state index is 12.5. The van der Waals surface area contributed by atoms with Crippen LogP contribution in [0.3, 0.4) is 0 Å². The Bertz CT molecular complexity index is 970. The summed E-state index contributed by atoms with van der Waals surface area (Å²) in [5.74, 6) is 0.136. The van der Waals surface area contributed by atoms with Crippen molar-refractivity contribution in [2.24, 2.45) is 0 Å². The maximum Gasteiger partial charge on any atom is 0.416 e. The van der Waals surface area contributed by atoms with Gasteiger partial charge in [0.1, 0.15) is 5.54 Å². The molecule has 3 unspecified atom stereocenters. The molecular weight excluding hydrogens is 476 g/mol. The van der Waals surface area contributed by atoms with Crippen LogP contribution in [0, 0.1) is 0 Å². The topological polar surface area (TPSA) is 62.4 Å². The Labute approximate surface area is 199 Å². The fraction of sp³-hybridized carbons (Fsp3) is 0.458. The molecule has 2 aliphatic rings. The van der Waals surface area contributed by atoms with Crippen LogP contribution in [0.15, 0.2) is 48.5 Å². The molecule has 2 aliphatic heterocycles. The van der Waals surface area contributed by atoms with E-state index in [0.717, 1.165) is 12.8 Å². The summed E-state index contributed by atoms with van der Waals surface area (Å²) in [7, 11) is 1.21. The number of benzene rings is 2. The number of amides is 1. The summed E-state index contributed by atoms with van der Waals surface area (Å²) in [5.41, 5.74) is -1.90. The third kappa shape index (κ3) is 6.53. The molecule has 1 amide bonds. The Morgan fingerprint density at radius 1 is 1.00 bits per heavy atom. The first-order chi connectivity index (χ1) is 16.4. The van der Waals surface area contributed by atoms with E-state index in [0.29, 0.717) is 31.4 Å². The number of piperidine rings is 1. The largest absolute Gasteiger partial charge is 0.416 e. The van der Waals surface area contributed by atoms with Crippen molar-refractivity contribution in [1.29, 1.82) is 0 Å². The Hall–Kier alpha value is -2.63. The molecule has 0 radical (unpaired) electrons. The van der Waals surface area contributed by atoms with E-state index in [1.54, 1.807) is 0 Å². The minimum Gasteiger partial charge on any atom is -0.377 e. The smallest absolute Gasteiger partial charge is 0.377 e. The highest BCUT2D eigenvalue weighted by Crippen LogP contribution is 2.37. The van der Waals surface area contributed by atoms with Gasteiger partial charge in [0.2, 0.25) is 5.91 Å². The van der Waals surface area contributed by atoms with Crippen LogP contribution < -0.4 is 16.0 Å². The highest BCUT2D eigenvalue weighted by atomic mass is 19.4. The lowest BCUT2D eigenvalue weighted by atomic mass is 9.85. The normalized spacial score (nSPS) is 23.4. The van der Waals surface area contributed by atoms with E-state index in [2.05, 4.69) is 40.2 Å².